The zero-order valence-corrected chi connectivity index (χ0v) is 19.0. The smallest absolute Gasteiger partial charge is 0.254 e. The highest BCUT2D eigenvalue weighted by Gasteiger charge is 2.34. The van der Waals surface area contributed by atoms with Gasteiger partial charge in [0.2, 0.25) is 0 Å². The topological polar surface area (TPSA) is 26.8 Å². The number of rotatable bonds is 3. The van der Waals surface area contributed by atoms with Crippen molar-refractivity contribution >= 4 is 27.5 Å². The molecule has 0 aromatic heterocycles. The predicted molar refractivity (Wildman–Crippen MR) is 128 cm³/mol. The van der Waals surface area contributed by atoms with E-state index in [-0.39, 0.29) is 11.9 Å². The van der Waals surface area contributed by atoms with Crippen LogP contribution in [-0.2, 0) is 13.1 Å². The zero-order valence-electron chi connectivity index (χ0n) is 17.5. The van der Waals surface area contributed by atoms with E-state index in [1.165, 1.54) is 16.8 Å². The van der Waals surface area contributed by atoms with Crippen LogP contribution in [0.4, 0.5) is 5.69 Å². The quantitative estimate of drug-likeness (QED) is 0.544. The van der Waals surface area contributed by atoms with Crippen LogP contribution in [0.3, 0.4) is 0 Å². The van der Waals surface area contributed by atoms with Crippen molar-refractivity contribution in [1.82, 2.24) is 9.80 Å². The van der Waals surface area contributed by atoms with Crippen molar-refractivity contribution in [1.29, 1.82) is 0 Å². The fraction of sp³-hybridized carbons (Fsp3) is 0.269. The second-order valence-electron chi connectivity index (χ2n) is 8.39. The highest BCUT2D eigenvalue weighted by molar-refractivity contribution is 9.10. The Kier molecular flexibility index (Phi) is 5.79. The molecule has 5 heteroatoms. The summed E-state index contributed by atoms with van der Waals surface area (Å²) in [6, 6.07) is 27.2. The summed E-state index contributed by atoms with van der Waals surface area (Å²) in [6.45, 7) is 5.29. The Morgan fingerprint density at radius 1 is 0.871 bits per heavy atom. The van der Waals surface area contributed by atoms with Gasteiger partial charge in [0.15, 0.2) is 0 Å². The molecule has 2 heterocycles. The number of hydrogen-bond acceptors (Lipinski definition) is 3. The first kappa shape index (κ1) is 20.3. The van der Waals surface area contributed by atoms with Gasteiger partial charge in [-0.1, -0.05) is 64.5 Å². The third-order valence-electron chi connectivity index (χ3n) is 6.29. The molecule has 5 rings (SSSR count). The summed E-state index contributed by atoms with van der Waals surface area (Å²) in [4.78, 5) is 20.5. The summed E-state index contributed by atoms with van der Waals surface area (Å²) in [5, 5.41) is 0. The van der Waals surface area contributed by atoms with Crippen molar-refractivity contribution in [3.05, 3.63) is 100 Å². The highest BCUT2D eigenvalue weighted by atomic mass is 79.9. The molecule has 1 fully saturated rings. The minimum Gasteiger partial charge on any atom is -0.364 e. The minimum atomic E-state index is 0.101. The molecular formula is C26H26BrN3O. The summed E-state index contributed by atoms with van der Waals surface area (Å²) in [5.74, 6) is 0.101. The molecule has 3 aromatic carbocycles. The molecule has 1 saturated heterocycles. The Hall–Kier alpha value is -2.63. The van der Waals surface area contributed by atoms with Crippen molar-refractivity contribution in [3.8, 4) is 0 Å². The summed E-state index contributed by atoms with van der Waals surface area (Å²) in [5.41, 5.74) is 4.59. The number of carbonyl (C=O) groups excluding carboxylic acids is 1. The molecule has 158 valence electrons. The van der Waals surface area contributed by atoms with Gasteiger partial charge in [0.1, 0.15) is 0 Å². The molecule has 31 heavy (non-hydrogen) atoms. The van der Waals surface area contributed by atoms with Crippen LogP contribution in [0.5, 0.6) is 0 Å². The number of nitrogens with zero attached hydrogens (tertiary/aromatic N) is 3. The number of fused-ring (bicyclic) bond motifs is 3. The van der Waals surface area contributed by atoms with E-state index in [0.29, 0.717) is 6.54 Å². The van der Waals surface area contributed by atoms with Gasteiger partial charge in [-0.25, -0.2) is 0 Å². The SMILES string of the molecule is O=C(c1ccc(Br)cc1)N1Cc2ccccc2N2CCN(Cc3ccccc3)CC2C1. The number of hydrogen-bond donors (Lipinski definition) is 0. The van der Waals surface area contributed by atoms with Gasteiger partial charge in [0, 0.05) is 55.0 Å². The lowest BCUT2D eigenvalue weighted by Crippen LogP contribution is -2.56. The summed E-state index contributed by atoms with van der Waals surface area (Å²) in [6.07, 6.45) is 0. The maximum absolute atomic E-state index is 13.4. The van der Waals surface area contributed by atoms with Gasteiger partial charge in [-0.3, -0.25) is 9.69 Å². The first-order chi connectivity index (χ1) is 15.2. The number of piperazine rings is 1. The lowest BCUT2D eigenvalue weighted by Gasteiger charge is -2.43. The van der Waals surface area contributed by atoms with E-state index in [2.05, 4.69) is 80.3 Å². The van der Waals surface area contributed by atoms with E-state index in [4.69, 9.17) is 0 Å². The maximum atomic E-state index is 13.4. The number of benzene rings is 3. The van der Waals surface area contributed by atoms with Crippen molar-refractivity contribution in [2.45, 2.75) is 19.1 Å². The maximum Gasteiger partial charge on any atom is 0.254 e. The first-order valence-electron chi connectivity index (χ1n) is 10.8. The molecule has 0 aliphatic carbocycles. The molecule has 1 amide bonds. The Morgan fingerprint density at radius 2 is 1.61 bits per heavy atom. The minimum absolute atomic E-state index is 0.101. The summed E-state index contributed by atoms with van der Waals surface area (Å²) < 4.78 is 0.986. The third kappa shape index (κ3) is 4.39. The molecule has 0 radical (unpaired) electrons. The number of para-hydroxylation sites is 1. The summed E-state index contributed by atoms with van der Waals surface area (Å²) in [7, 11) is 0. The standard InChI is InChI=1S/C26H26BrN3O/c27-23-12-10-21(11-13-23)26(31)29-17-22-8-4-5-9-25(22)30-15-14-28(18-24(30)19-29)16-20-6-2-1-3-7-20/h1-13,24H,14-19H2. The molecule has 2 aliphatic rings. The summed E-state index contributed by atoms with van der Waals surface area (Å²) >= 11 is 3.47. The second kappa shape index (κ2) is 8.85. The van der Waals surface area contributed by atoms with Gasteiger partial charge < -0.3 is 9.80 Å². The van der Waals surface area contributed by atoms with E-state index in [0.717, 1.165) is 42.8 Å². The average molecular weight is 476 g/mol. The number of anilines is 1. The Bertz CT molecular complexity index is 1050. The van der Waals surface area contributed by atoms with Crippen LogP contribution in [0.15, 0.2) is 83.3 Å². The van der Waals surface area contributed by atoms with E-state index < -0.39 is 0 Å². The Labute approximate surface area is 192 Å². The Balaban J connectivity index is 1.41. The van der Waals surface area contributed by atoms with Gasteiger partial charge in [-0.2, -0.15) is 0 Å². The van der Waals surface area contributed by atoms with Crippen molar-refractivity contribution in [3.63, 3.8) is 0 Å². The number of halogens is 1. The van der Waals surface area contributed by atoms with Crippen LogP contribution >= 0.6 is 15.9 Å². The average Bonchev–Trinajstić information content (AvgIpc) is 2.96. The molecule has 0 bridgehead atoms. The second-order valence-corrected chi connectivity index (χ2v) is 9.30. The monoisotopic (exact) mass is 475 g/mol. The van der Waals surface area contributed by atoms with E-state index >= 15 is 0 Å². The third-order valence-corrected chi connectivity index (χ3v) is 6.82. The molecule has 1 unspecified atom stereocenters. The number of amides is 1. The van der Waals surface area contributed by atoms with Crippen molar-refractivity contribution in [2.75, 3.05) is 31.1 Å². The fourth-order valence-corrected chi connectivity index (χ4v) is 5.02. The molecule has 0 spiro atoms. The first-order valence-corrected chi connectivity index (χ1v) is 11.6. The largest absolute Gasteiger partial charge is 0.364 e. The zero-order chi connectivity index (χ0) is 21.2. The Morgan fingerprint density at radius 3 is 2.42 bits per heavy atom. The highest BCUT2D eigenvalue weighted by Crippen LogP contribution is 2.31. The molecule has 4 nitrogen and oxygen atoms in total. The van der Waals surface area contributed by atoms with Crippen LogP contribution in [0.1, 0.15) is 21.5 Å². The molecule has 0 N–H and O–H groups in total. The molecular weight excluding hydrogens is 450 g/mol. The van der Waals surface area contributed by atoms with Crippen LogP contribution < -0.4 is 4.90 Å². The molecule has 0 saturated carbocycles. The molecule has 3 aromatic rings. The normalized spacial score (nSPS) is 18.8. The number of carbonyl (C=O) groups is 1. The van der Waals surface area contributed by atoms with Crippen molar-refractivity contribution in [2.24, 2.45) is 0 Å². The van der Waals surface area contributed by atoms with Gasteiger partial charge in [-0.05, 0) is 41.5 Å². The molecule has 2 aliphatic heterocycles. The van der Waals surface area contributed by atoms with Crippen LogP contribution in [0.2, 0.25) is 0 Å². The van der Waals surface area contributed by atoms with E-state index in [1.807, 2.05) is 29.2 Å². The van der Waals surface area contributed by atoms with Gasteiger partial charge in [0.25, 0.3) is 5.91 Å². The van der Waals surface area contributed by atoms with Gasteiger partial charge in [-0.15, -0.1) is 0 Å². The fourth-order valence-electron chi connectivity index (χ4n) is 4.76. The lowest BCUT2D eigenvalue weighted by atomic mass is 10.1. The van der Waals surface area contributed by atoms with Crippen molar-refractivity contribution < 1.29 is 4.79 Å². The van der Waals surface area contributed by atoms with Gasteiger partial charge >= 0.3 is 0 Å². The molecule has 1 atom stereocenters. The van der Waals surface area contributed by atoms with E-state index in [9.17, 15) is 4.79 Å². The lowest BCUT2D eigenvalue weighted by molar-refractivity contribution is 0.0718. The van der Waals surface area contributed by atoms with Crippen LogP contribution in [0, 0.1) is 0 Å². The van der Waals surface area contributed by atoms with Crippen LogP contribution in [0.25, 0.3) is 0 Å². The van der Waals surface area contributed by atoms with E-state index in [1.54, 1.807) is 0 Å². The predicted octanol–water partition coefficient (Wildman–Crippen LogP) is 4.80. The van der Waals surface area contributed by atoms with Crippen LogP contribution in [-0.4, -0.2) is 47.9 Å². The van der Waals surface area contributed by atoms with Gasteiger partial charge in [0.05, 0.1) is 6.04 Å².